The van der Waals surface area contributed by atoms with Gasteiger partial charge in [-0.05, 0) is 90.6 Å². The maximum absolute atomic E-state index is 2.63. The first-order valence-corrected chi connectivity index (χ1v) is 12.4. The van der Waals surface area contributed by atoms with E-state index in [1.54, 1.807) is 11.1 Å². The Kier molecular flexibility index (Phi) is 5.97. The zero-order valence-electron chi connectivity index (χ0n) is 19.1. The number of aryl methyl sites for hydroxylation is 1. The highest BCUT2D eigenvalue weighted by Crippen LogP contribution is 2.49. The van der Waals surface area contributed by atoms with E-state index in [0.29, 0.717) is 10.8 Å². The van der Waals surface area contributed by atoms with Crippen LogP contribution in [0.4, 0.5) is 0 Å². The molecule has 0 amide bonds. The van der Waals surface area contributed by atoms with Crippen LogP contribution in [-0.4, -0.2) is 0 Å². The lowest BCUT2D eigenvalue weighted by molar-refractivity contribution is 0.0725. The molecule has 1 aromatic carbocycles. The van der Waals surface area contributed by atoms with Crippen LogP contribution in [0.25, 0.3) is 0 Å². The van der Waals surface area contributed by atoms with Crippen molar-refractivity contribution in [1.29, 1.82) is 0 Å². The standard InChI is InChI=1S/C28H44/c1-21-24(17-22-9-8-15-27(2,3)18-22)12-7-13-25(21)19-28(4)16-14-23-10-5-6-11-26(23)20-28/h5-6,10-11,21-22,24-25H,7-9,12-20H2,1-4H3. The van der Waals surface area contributed by atoms with Crippen LogP contribution in [0.15, 0.2) is 24.3 Å². The summed E-state index contributed by atoms with van der Waals surface area (Å²) in [5.41, 5.74) is 4.39. The van der Waals surface area contributed by atoms with E-state index in [9.17, 15) is 0 Å². The second-order valence-electron chi connectivity index (χ2n) is 12.1. The molecule has 2 saturated carbocycles. The third-order valence-corrected chi connectivity index (χ3v) is 9.07. The lowest BCUT2D eigenvalue weighted by Gasteiger charge is -2.45. The van der Waals surface area contributed by atoms with Gasteiger partial charge in [0.05, 0.1) is 0 Å². The van der Waals surface area contributed by atoms with Crippen molar-refractivity contribution in [1.82, 2.24) is 0 Å². The topological polar surface area (TPSA) is 0 Å². The molecule has 4 rings (SSSR count). The van der Waals surface area contributed by atoms with Crippen LogP contribution in [0.5, 0.6) is 0 Å². The second kappa shape index (κ2) is 8.16. The fourth-order valence-electron chi connectivity index (χ4n) is 7.42. The highest BCUT2D eigenvalue weighted by molar-refractivity contribution is 5.30. The first-order chi connectivity index (χ1) is 13.3. The van der Waals surface area contributed by atoms with Crippen molar-refractivity contribution >= 4 is 0 Å². The van der Waals surface area contributed by atoms with E-state index in [1.807, 2.05) is 0 Å². The number of fused-ring (bicyclic) bond motifs is 1. The lowest BCUT2D eigenvalue weighted by Crippen LogP contribution is -2.35. The second-order valence-corrected chi connectivity index (χ2v) is 12.1. The van der Waals surface area contributed by atoms with Crippen molar-refractivity contribution in [3.63, 3.8) is 0 Å². The van der Waals surface area contributed by atoms with Gasteiger partial charge in [0, 0.05) is 0 Å². The Hall–Kier alpha value is -0.780. The minimum atomic E-state index is 0.530. The molecule has 5 atom stereocenters. The van der Waals surface area contributed by atoms with Gasteiger partial charge in [-0.1, -0.05) is 84.1 Å². The monoisotopic (exact) mass is 380 g/mol. The van der Waals surface area contributed by atoms with Crippen molar-refractivity contribution in [2.75, 3.05) is 0 Å². The van der Waals surface area contributed by atoms with Gasteiger partial charge in [0.25, 0.3) is 0 Å². The number of hydrogen-bond donors (Lipinski definition) is 0. The van der Waals surface area contributed by atoms with E-state index in [0.717, 1.165) is 23.7 Å². The summed E-state index contributed by atoms with van der Waals surface area (Å²) in [5.74, 6) is 3.91. The minimum Gasteiger partial charge on any atom is -0.0620 e. The average Bonchev–Trinajstić information content (AvgIpc) is 2.64. The molecular weight excluding hydrogens is 336 g/mol. The van der Waals surface area contributed by atoms with Crippen LogP contribution in [-0.2, 0) is 12.8 Å². The molecule has 0 heterocycles. The zero-order chi connectivity index (χ0) is 19.8. The van der Waals surface area contributed by atoms with E-state index < -0.39 is 0 Å². The van der Waals surface area contributed by atoms with E-state index in [4.69, 9.17) is 0 Å². The zero-order valence-corrected chi connectivity index (χ0v) is 19.1. The quantitative estimate of drug-likeness (QED) is 0.493. The Balaban J connectivity index is 1.37. The fraction of sp³-hybridized carbons (Fsp3) is 0.786. The SMILES string of the molecule is CC1C(CC2CCCC(C)(C)C2)CCCC1CC1(C)CCc2ccccc2C1. The highest BCUT2D eigenvalue weighted by atomic mass is 14.4. The molecule has 0 saturated heterocycles. The van der Waals surface area contributed by atoms with Crippen LogP contribution in [0, 0.1) is 34.5 Å². The van der Waals surface area contributed by atoms with Gasteiger partial charge in [0.1, 0.15) is 0 Å². The first kappa shape index (κ1) is 20.5. The van der Waals surface area contributed by atoms with Gasteiger partial charge in [0.15, 0.2) is 0 Å². The van der Waals surface area contributed by atoms with Gasteiger partial charge in [0.2, 0.25) is 0 Å². The molecule has 0 radical (unpaired) electrons. The molecule has 0 bridgehead atoms. The first-order valence-electron chi connectivity index (χ1n) is 12.4. The molecule has 3 aliphatic rings. The highest BCUT2D eigenvalue weighted by Gasteiger charge is 2.39. The van der Waals surface area contributed by atoms with Crippen LogP contribution < -0.4 is 0 Å². The molecule has 0 spiro atoms. The van der Waals surface area contributed by atoms with E-state index >= 15 is 0 Å². The van der Waals surface area contributed by atoms with E-state index in [2.05, 4.69) is 52.0 Å². The molecule has 156 valence electrons. The maximum Gasteiger partial charge on any atom is -0.0222 e. The Morgan fingerprint density at radius 3 is 2.43 bits per heavy atom. The largest absolute Gasteiger partial charge is 0.0620 e. The third-order valence-electron chi connectivity index (χ3n) is 9.07. The van der Waals surface area contributed by atoms with Crippen molar-refractivity contribution in [2.24, 2.45) is 34.5 Å². The average molecular weight is 381 g/mol. The predicted octanol–water partition coefficient (Wildman–Crippen LogP) is 8.23. The van der Waals surface area contributed by atoms with Gasteiger partial charge in [-0.25, -0.2) is 0 Å². The molecule has 28 heavy (non-hydrogen) atoms. The van der Waals surface area contributed by atoms with Gasteiger partial charge in [-0.15, -0.1) is 0 Å². The lowest BCUT2D eigenvalue weighted by atomic mass is 9.61. The van der Waals surface area contributed by atoms with Gasteiger partial charge < -0.3 is 0 Å². The molecule has 0 nitrogen and oxygen atoms in total. The molecular formula is C28H44. The summed E-state index contributed by atoms with van der Waals surface area (Å²) in [7, 11) is 0. The van der Waals surface area contributed by atoms with Crippen molar-refractivity contribution < 1.29 is 0 Å². The van der Waals surface area contributed by atoms with Crippen LogP contribution >= 0.6 is 0 Å². The summed E-state index contributed by atoms with van der Waals surface area (Å²) in [6.07, 6.45) is 17.4. The van der Waals surface area contributed by atoms with Crippen LogP contribution in [0.2, 0.25) is 0 Å². The van der Waals surface area contributed by atoms with E-state index in [-0.39, 0.29) is 0 Å². The third kappa shape index (κ3) is 4.68. The Morgan fingerprint density at radius 1 is 0.893 bits per heavy atom. The summed E-state index contributed by atoms with van der Waals surface area (Å²) in [6, 6.07) is 9.22. The Morgan fingerprint density at radius 2 is 1.64 bits per heavy atom. The van der Waals surface area contributed by atoms with Crippen LogP contribution in [0.3, 0.4) is 0 Å². The van der Waals surface area contributed by atoms with E-state index in [1.165, 1.54) is 77.0 Å². The minimum absolute atomic E-state index is 0.530. The molecule has 0 heteroatoms. The Labute approximate surface area is 174 Å². The summed E-state index contributed by atoms with van der Waals surface area (Å²) >= 11 is 0. The molecule has 2 fully saturated rings. The molecule has 0 aliphatic heterocycles. The van der Waals surface area contributed by atoms with Gasteiger partial charge in [-0.2, -0.15) is 0 Å². The molecule has 0 aromatic heterocycles. The fourth-order valence-corrected chi connectivity index (χ4v) is 7.42. The summed E-state index contributed by atoms with van der Waals surface area (Å²) in [4.78, 5) is 0. The van der Waals surface area contributed by atoms with Gasteiger partial charge >= 0.3 is 0 Å². The maximum atomic E-state index is 2.63. The number of benzene rings is 1. The molecule has 1 aromatic rings. The summed E-state index contributed by atoms with van der Waals surface area (Å²) in [5, 5.41) is 0. The molecule has 0 N–H and O–H groups in total. The summed E-state index contributed by atoms with van der Waals surface area (Å²) in [6.45, 7) is 10.2. The predicted molar refractivity (Wildman–Crippen MR) is 122 cm³/mol. The van der Waals surface area contributed by atoms with Crippen LogP contribution in [0.1, 0.15) is 103 Å². The Bertz CT molecular complexity index is 656. The van der Waals surface area contributed by atoms with Gasteiger partial charge in [-0.3, -0.25) is 0 Å². The van der Waals surface area contributed by atoms with Crippen molar-refractivity contribution in [3.8, 4) is 0 Å². The molecule has 5 unspecified atom stereocenters. The number of hydrogen-bond acceptors (Lipinski definition) is 0. The molecule has 3 aliphatic carbocycles. The number of rotatable bonds is 4. The van der Waals surface area contributed by atoms with Crippen molar-refractivity contribution in [2.45, 2.75) is 105 Å². The van der Waals surface area contributed by atoms with Crippen molar-refractivity contribution in [3.05, 3.63) is 35.4 Å². The summed E-state index contributed by atoms with van der Waals surface area (Å²) < 4.78 is 0. The smallest absolute Gasteiger partial charge is 0.0222 e. The normalized spacial score (nSPS) is 38.0.